The topological polar surface area (TPSA) is 63.1 Å². The van der Waals surface area contributed by atoms with Crippen LogP contribution in [0.5, 0.6) is 0 Å². The first-order chi connectivity index (χ1) is 13.1. The number of likely N-dealkylation sites (tertiary alicyclic amines) is 1. The first-order valence-electron chi connectivity index (χ1n) is 10.5. The minimum atomic E-state index is 0.0292. The second-order valence-corrected chi connectivity index (χ2v) is 8.38. The molecule has 0 bridgehead atoms. The van der Waals surface area contributed by atoms with Crippen molar-refractivity contribution in [1.82, 2.24) is 25.0 Å². The van der Waals surface area contributed by atoms with Gasteiger partial charge in [0.05, 0.1) is 17.1 Å². The van der Waals surface area contributed by atoms with Crippen LogP contribution in [-0.2, 0) is 0 Å². The number of nitrogens with zero attached hydrogens (tertiary/aromatic N) is 4. The van der Waals surface area contributed by atoms with Crippen molar-refractivity contribution in [3.8, 4) is 0 Å². The maximum atomic E-state index is 13.1. The average molecular weight is 370 g/mol. The van der Waals surface area contributed by atoms with E-state index in [0.29, 0.717) is 5.92 Å². The molecule has 0 spiro atoms. The van der Waals surface area contributed by atoms with Gasteiger partial charge >= 0.3 is 0 Å². The van der Waals surface area contributed by atoms with Crippen LogP contribution >= 0.6 is 0 Å². The van der Waals surface area contributed by atoms with E-state index >= 15 is 0 Å². The zero-order valence-corrected chi connectivity index (χ0v) is 16.7. The standard InChI is InChI=1S/C21H31N5O/c1-4-9-25-10-7-16(8-11-25)23-21(27)17-12-19(15-5-6-15)24-20-18(17)13-22-26(20)14(2)3/h12-16H,4-11H2,1-3H3,(H,23,27). The summed E-state index contributed by atoms with van der Waals surface area (Å²) in [6, 6.07) is 2.50. The molecule has 4 rings (SSSR count). The third kappa shape index (κ3) is 3.86. The van der Waals surface area contributed by atoms with Crippen LogP contribution in [-0.4, -0.2) is 51.2 Å². The summed E-state index contributed by atoms with van der Waals surface area (Å²) in [4.78, 5) is 20.5. The van der Waals surface area contributed by atoms with Gasteiger partial charge in [0.15, 0.2) is 5.65 Å². The van der Waals surface area contributed by atoms with E-state index in [4.69, 9.17) is 4.98 Å². The zero-order valence-electron chi connectivity index (χ0n) is 16.7. The van der Waals surface area contributed by atoms with Crippen molar-refractivity contribution < 1.29 is 4.79 Å². The Morgan fingerprint density at radius 2 is 2.00 bits per heavy atom. The molecule has 6 heteroatoms. The third-order valence-corrected chi connectivity index (χ3v) is 5.78. The molecule has 0 radical (unpaired) electrons. The summed E-state index contributed by atoms with van der Waals surface area (Å²) in [5.41, 5.74) is 2.63. The molecule has 1 saturated carbocycles. The van der Waals surface area contributed by atoms with Crippen molar-refractivity contribution in [2.75, 3.05) is 19.6 Å². The summed E-state index contributed by atoms with van der Waals surface area (Å²) < 4.78 is 1.93. The smallest absolute Gasteiger partial charge is 0.252 e. The minimum Gasteiger partial charge on any atom is -0.349 e. The summed E-state index contributed by atoms with van der Waals surface area (Å²) in [7, 11) is 0. The van der Waals surface area contributed by atoms with E-state index in [2.05, 4.69) is 36.1 Å². The summed E-state index contributed by atoms with van der Waals surface area (Å²) >= 11 is 0. The number of nitrogens with one attached hydrogen (secondary N) is 1. The Kier molecular flexibility index (Phi) is 5.17. The fraction of sp³-hybridized carbons (Fsp3) is 0.667. The van der Waals surface area contributed by atoms with Gasteiger partial charge in [0.2, 0.25) is 0 Å². The highest BCUT2D eigenvalue weighted by Crippen LogP contribution is 2.40. The largest absolute Gasteiger partial charge is 0.349 e. The Morgan fingerprint density at radius 3 is 2.63 bits per heavy atom. The van der Waals surface area contributed by atoms with Gasteiger partial charge in [-0.15, -0.1) is 0 Å². The number of carbonyl (C=O) groups is 1. The van der Waals surface area contributed by atoms with E-state index < -0.39 is 0 Å². The molecule has 27 heavy (non-hydrogen) atoms. The zero-order chi connectivity index (χ0) is 19.0. The van der Waals surface area contributed by atoms with Crippen LogP contribution in [0.2, 0.25) is 0 Å². The van der Waals surface area contributed by atoms with Crippen LogP contribution in [0.25, 0.3) is 11.0 Å². The fourth-order valence-corrected chi connectivity index (χ4v) is 4.07. The number of hydrogen-bond acceptors (Lipinski definition) is 4. The van der Waals surface area contributed by atoms with Gasteiger partial charge in [-0.1, -0.05) is 6.92 Å². The number of carbonyl (C=O) groups excluding carboxylic acids is 1. The molecule has 2 fully saturated rings. The van der Waals surface area contributed by atoms with Crippen molar-refractivity contribution in [2.45, 2.75) is 70.9 Å². The van der Waals surface area contributed by atoms with E-state index in [1.807, 2.05) is 10.7 Å². The van der Waals surface area contributed by atoms with Gasteiger partial charge < -0.3 is 10.2 Å². The molecule has 2 aliphatic rings. The molecule has 2 aromatic heterocycles. The summed E-state index contributed by atoms with van der Waals surface area (Å²) in [6.07, 6.45) is 7.39. The van der Waals surface area contributed by atoms with Crippen LogP contribution < -0.4 is 5.32 Å². The number of piperidine rings is 1. The number of fused-ring (bicyclic) bond motifs is 1. The first-order valence-corrected chi connectivity index (χ1v) is 10.5. The van der Waals surface area contributed by atoms with E-state index in [1.165, 1.54) is 19.3 Å². The fourth-order valence-electron chi connectivity index (χ4n) is 4.07. The Bertz CT molecular complexity index is 815. The van der Waals surface area contributed by atoms with Crippen LogP contribution in [0.3, 0.4) is 0 Å². The van der Waals surface area contributed by atoms with E-state index in [0.717, 1.165) is 54.8 Å². The lowest BCUT2D eigenvalue weighted by Gasteiger charge is -2.32. The monoisotopic (exact) mass is 369 g/mol. The molecule has 146 valence electrons. The quantitative estimate of drug-likeness (QED) is 0.846. The van der Waals surface area contributed by atoms with Gasteiger partial charge in [-0.05, 0) is 58.6 Å². The van der Waals surface area contributed by atoms with Gasteiger partial charge in [0.25, 0.3) is 5.91 Å². The van der Waals surface area contributed by atoms with Gasteiger partial charge in [-0.25, -0.2) is 9.67 Å². The predicted octanol–water partition coefficient (Wildman–Crippen LogP) is 3.49. The van der Waals surface area contributed by atoms with Gasteiger partial charge in [-0.2, -0.15) is 5.10 Å². The summed E-state index contributed by atoms with van der Waals surface area (Å²) in [5.74, 6) is 0.537. The number of rotatable bonds is 6. The Labute approximate surface area is 161 Å². The van der Waals surface area contributed by atoms with Crippen molar-refractivity contribution in [1.29, 1.82) is 0 Å². The Morgan fingerprint density at radius 1 is 1.26 bits per heavy atom. The molecule has 1 saturated heterocycles. The van der Waals surface area contributed by atoms with Crippen LogP contribution in [0.4, 0.5) is 0 Å². The van der Waals surface area contributed by atoms with Crippen LogP contribution in [0.15, 0.2) is 12.3 Å². The summed E-state index contributed by atoms with van der Waals surface area (Å²) in [5, 5.41) is 8.66. The van der Waals surface area contributed by atoms with Gasteiger partial charge in [0.1, 0.15) is 0 Å². The Hall–Kier alpha value is -1.95. The number of aromatic nitrogens is 3. The van der Waals surface area contributed by atoms with Crippen molar-refractivity contribution in [2.24, 2.45) is 0 Å². The minimum absolute atomic E-state index is 0.0292. The molecule has 1 aliphatic carbocycles. The lowest BCUT2D eigenvalue weighted by molar-refractivity contribution is 0.0912. The second-order valence-electron chi connectivity index (χ2n) is 8.38. The number of amides is 1. The molecule has 1 amide bonds. The second kappa shape index (κ2) is 7.58. The molecule has 6 nitrogen and oxygen atoms in total. The molecule has 2 aromatic rings. The van der Waals surface area contributed by atoms with E-state index in [1.54, 1.807) is 6.20 Å². The molecule has 1 N–H and O–H groups in total. The molecular formula is C21H31N5O. The highest BCUT2D eigenvalue weighted by molar-refractivity contribution is 6.05. The average Bonchev–Trinajstić information content (AvgIpc) is 3.41. The maximum Gasteiger partial charge on any atom is 0.252 e. The highest BCUT2D eigenvalue weighted by Gasteiger charge is 2.29. The lowest BCUT2D eigenvalue weighted by Crippen LogP contribution is -2.44. The summed E-state index contributed by atoms with van der Waals surface area (Å²) in [6.45, 7) is 9.72. The molecule has 0 unspecified atom stereocenters. The first kappa shape index (κ1) is 18.4. The van der Waals surface area contributed by atoms with Gasteiger partial charge in [0, 0.05) is 36.8 Å². The molecule has 0 aromatic carbocycles. The molecular weight excluding hydrogens is 338 g/mol. The SMILES string of the molecule is CCCN1CCC(NC(=O)c2cc(C3CC3)nc3c2cnn3C(C)C)CC1. The van der Waals surface area contributed by atoms with E-state index in [-0.39, 0.29) is 18.0 Å². The van der Waals surface area contributed by atoms with Crippen molar-refractivity contribution >= 4 is 16.9 Å². The predicted molar refractivity (Wildman–Crippen MR) is 107 cm³/mol. The lowest BCUT2D eigenvalue weighted by atomic mass is 10.0. The highest BCUT2D eigenvalue weighted by atomic mass is 16.1. The third-order valence-electron chi connectivity index (χ3n) is 5.78. The maximum absolute atomic E-state index is 13.1. The van der Waals surface area contributed by atoms with E-state index in [9.17, 15) is 4.79 Å². The number of hydrogen-bond donors (Lipinski definition) is 1. The molecule has 1 aliphatic heterocycles. The Balaban J connectivity index is 1.56. The molecule has 3 heterocycles. The van der Waals surface area contributed by atoms with Crippen LogP contribution in [0, 0.1) is 0 Å². The van der Waals surface area contributed by atoms with Gasteiger partial charge in [-0.3, -0.25) is 4.79 Å². The molecule has 0 atom stereocenters. The normalized spacial score (nSPS) is 19.1. The van der Waals surface area contributed by atoms with Crippen molar-refractivity contribution in [3.63, 3.8) is 0 Å². The number of pyridine rings is 1. The van der Waals surface area contributed by atoms with Crippen molar-refractivity contribution in [3.05, 3.63) is 23.5 Å². The van der Waals surface area contributed by atoms with Crippen LogP contribution in [0.1, 0.15) is 80.9 Å².